The third kappa shape index (κ3) is 47.8. The molecule has 4 saturated heterocycles. The molecule has 0 aromatic rings. The van der Waals surface area contributed by atoms with E-state index in [4.69, 9.17) is 52.1 Å². The van der Waals surface area contributed by atoms with E-state index in [0.29, 0.717) is 90.0 Å². The van der Waals surface area contributed by atoms with Gasteiger partial charge in [-0.2, -0.15) is 0 Å². The molecule has 0 saturated carbocycles. The van der Waals surface area contributed by atoms with Crippen molar-refractivity contribution >= 4 is 65.0 Å². The second-order valence-electron chi connectivity index (χ2n) is 33.7. The Kier molecular flexibility index (Phi) is 56.9. The molecule has 15 unspecified atom stereocenters. The van der Waals surface area contributed by atoms with E-state index < -0.39 is 147 Å². The molecule has 0 spiro atoms. The van der Waals surface area contributed by atoms with Gasteiger partial charge in [0.2, 0.25) is 65.0 Å². The van der Waals surface area contributed by atoms with Crippen molar-refractivity contribution in [1.29, 1.82) is 0 Å². The average Bonchev–Trinajstić information content (AvgIpc) is 0.815. The number of aliphatic hydroxyl groups excluding tert-OH is 10. The highest BCUT2D eigenvalue weighted by molar-refractivity contribution is 5.79. The third-order valence-corrected chi connectivity index (χ3v) is 21.3. The maximum absolute atomic E-state index is 14.1. The Balaban J connectivity index is 1.31. The van der Waals surface area contributed by atoms with Gasteiger partial charge in [-0.25, -0.2) is 0 Å². The summed E-state index contributed by atoms with van der Waals surface area (Å²) in [4.78, 5) is 140. The fourth-order valence-electron chi connectivity index (χ4n) is 14.2. The van der Waals surface area contributed by atoms with Crippen LogP contribution < -0.4 is 58.5 Å². The zero-order valence-corrected chi connectivity index (χ0v) is 75.1. The van der Waals surface area contributed by atoms with Gasteiger partial charge in [-0.3, -0.25) is 52.7 Å². The number of ether oxygens (including phenoxy) is 11. The summed E-state index contributed by atoms with van der Waals surface area (Å²) in [7, 11) is 0. The highest BCUT2D eigenvalue weighted by Crippen LogP contribution is 2.28. The molecule has 4 rings (SSSR count). The molecule has 18 atom stereocenters. The molecule has 0 aliphatic carbocycles. The first-order chi connectivity index (χ1) is 60.7. The maximum Gasteiger partial charge on any atom is 0.222 e. The number of unbranched alkanes of at least 4 members (excludes halogenated alkanes) is 10. The van der Waals surface area contributed by atoms with E-state index in [1.807, 2.05) is 20.8 Å². The second-order valence-corrected chi connectivity index (χ2v) is 33.7. The number of carbonyl (C=O) groups is 11. The topological polar surface area (TPSA) is 624 Å². The molecule has 21 N–H and O–H groups in total. The van der Waals surface area contributed by atoms with Crippen LogP contribution in [0, 0.1) is 0 Å². The number of rotatable bonds is 67. The minimum Gasteiger partial charge on any atom is -0.394 e. The van der Waals surface area contributed by atoms with E-state index in [9.17, 15) is 104 Å². The van der Waals surface area contributed by atoms with Crippen molar-refractivity contribution in [3.05, 3.63) is 0 Å². The van der Waals surface area contributed by atoms with E-state index in [1.165, 1.54) is 20.8 Å². The van der Waals surface area contributed by atoms with Crippen molar-refractivity contribution in [2.24, 2.45) is 0 Å². The van der Waals surface area contributed by atoms with Crippen LogP contribution in [-0.2, 0) is 105 Å². The quantitative estimate of drug-likeness (QED) is 0.0259. The highest BCUT2D eigenvalue weighted by Gasteiger charge is 2.48. The monoisotopic (exact) mass is 1830 g/mol. The van der Waals surface area contributed by atoms with Crippen molar-refractivity contribution in [1.82, 2.24) is 58.5 Å². The van der Waals surface area contributed by atoms with Gasteiger partial charge < -0.3 is 162 Å². The molecule has 4 fully saturated rings. The fourth-order valence-corrected chi connectivity index (χ4v) is 14.2. The first-order valence-electron chi connectivity index (χ1n) is 45.1. The van der Waals surface area contributed by atoms with E-state index in [-0.39, 0.29) is 209 Å². The fraction of sp³-hybridized carbons (Fsp3) is 0.869. The SMILES string of the molecule is CC(=O)NC1C(OCCCCC(=O)NCCCNC(=O)CCOCC(COCCC(=O)NCCCNC(=O)CCCCOC2OC(CO)C(O)C(O)C2NC(C)=O)(COCCC(=O)NCCCNC(=O)CCCCOC2OC(CO)C(O)C(O)C2NC(C)=O)NC(=O)CCCCCCCCCCC(=O)NC[C@H]2CC[C@H](O)[C@@H](COC(C)(C)C)O2)OC(CO)C(O)C1O. The second kappa shape index (κ2) is 64.2. The number of aliphatic hydroxyl groups is 10. The van der Waals surface area contributed by atoms with Crippen molar-refractivity contribution in [3.8, 4) is 0 Å². The molecule has 127 heavy (non-hydrogen) atoms. The Morgan fingerprint density at radius 1 is 0.331 bits per heavy atom. The Hall–Kier alpha value is -6.67. The van der Waals surface area contributed by atoms with Gasteiger partial charge in [0.25, 0.3) is 0 Å². The van der Waals surface area contributed by atoms with Gasteiger partial charge in [-0.1, -0.05) is 38.5 Å². The van der Waals surface area contributed by atoms with Crippen LogP contribution in [0.15, 0.2) is 0 Å². The number of amides is 11. The molecule has 4 aliphatic rings. The van der Waals surface area contributed by atoms with E-state index in [0.717, 1.165) is 44.9 Å². The molecular formula is C84H151N11O32. The summed E-state index contributed by atoms with van der Waals surface area (Å²) in [5.41, 5.74) is -1.82. The molecule has 734 valence electrons. The number of hydrogen-bond donors (Lipinski definition) is 21. The highest BCUT2D eigenvalue weighted by atomic mass is 16.7. The van der Waals surface area contributed by atoms with Gasteiger partial charge in [-0.05, 0) is 104 Å². The zero-order valence-electron chi connectivity index (χ0n) is 75.1. The minimum absolute atomic E-state index is 0.0602. The maximum atomic E-state index is 14.1. The van der Waals surface area contributed by atoms with E-state index >= 15 is 0 Å². The summed E-state index contributed by atoms with van der Waals surface area (Å²) < 4.78 is 64.2. The molecule has 0 bridgehead atoms. The van der Waals surface area contributed by atoms with Gasteiger partial charge in [0.1, 0.15) is 84.7 Å². The Bertz CT molecular complexity index is 2930. The predicted octanol–water partition coefficient (Wildman–Crippen LogP) is -3.94. The largest absolute Gasteiger partial charge is 0.394 e. The Morgan fingerprint density at radius 3 is 0.929 bits per heavy atom. The predicted molar refractivity (Wildman–Crippen MR) is 453 cm³/mol. The van der Waals surface area contributed by atoms with Crippen molar-refractivity contribution < 1.29 is 156 Å². The molecule has 4 aliphatic heterocycles. The van der Waals surface area contributed by atoms with Gasteiger partial charge >= 0.3 is 0 Å². The lowest BCUT2D eigenvalue weighted by Gasteiger charge is -2.42. The average molecular weight is 1830 g/mol. The number of nitrogens with one attached hydrogen (secondary N) is 11. The van der Waals surface area contributed by atoms with Crippen LogP contribution in [-0.4, -0.2) is 369 Å². The van der Waals surface area contributed by atoms with Gasteiger partial charge in [0.05, 0.1) is 83.9 Å². The van der Waals surface area contributed by atoms with Crippen molar-refractivity contribution in [2.45, 2.75) is 336 Å². The van der Waals surface area contributed by atoms with Crippen molar-refractivity contribution in [3.63, 3.8) is 0 Å². The molecule has 4 heterocycles. The molecule has 43 heteroatoms. The van der Waals surface area contributed by atoms with Crippen LogP contribution in [0.2, 0.25) is 0 Å². The molecule has 0 radical (unpaired) electrons. The lowest BCUT2D eigenvalue weighted by Crippen LogP contribution is -2.64. The molecule has 11 amide bonds. The first kappa shape index (κ1) is 113. The summed E-state index contributed by atoms with van der Waals surface area (Å²) in [6, 6.07) is -3.30. The van der Waals surface area contributed by atoms with Crippen LogP contribution in [0.4, 0.5) is 0 Å². The van der Waals surface area contributed by atoms with E-state index in [2.05, 4.69) is 58.5 Å². The number of carbonyl (C=O) groups excluding carboxylic acids is 11. The van der Waals surface area contributed by atoms with Crippen LogP contribution in [0.1, 0.15) is 215 Å². The third-order valence-electron chi connectivity index (χ3n) is 21.3. The van der Waals surface area contributed by atoms with Crippen molar-refractivity contribution in [2.75, 3.05) is 132 Å². The van der Waals surface area contributed by atoms with Crippen LogP contribution >= 0.6 is 0 Å². The lowest BCUT2D eigenvalue weighted by molar-refractivity contribution is -0.270. The van der Waals surface area contributed by atoms with Crippen LogP contribution in [0.5, 0.6) is 0 Å². The molecule has 0 aromatic heterocycles. The van der Waals surface area contributed by atoms with Crippen LogP contribution in [0.25, 0.3) is 0 Å². The lowest BCUT2D eigenvalue weighted by atomic mass is 9.97. The Labute approximate surface area is 744 Å². The summed E-state index contributed by atoms with van der Waals surface area (Å²) in [5, 5.41) is 132. The summed E-state index contributed by atoms with van der Waals surface area (Å²) >= 11 is 0. The number of hydrogen-bond acceptors (Lipinski definition) is 32. The summed E-state index contributed by atoms with van der Waals surface area (Å²) in [6.45, 7) is 8.68. The Morgan fingerprint density at radius 2 is 0.622 bits per heavy atom. The smallest absolute Gasteiger partial charge is 0.222 e. The standard InChI is InChI=1S/C84H151N11O32/c1-54(99)92-71-77(114)74(111)59(47-96)125-80(71)120-40-18-15-25-63(103)85-34-21-37-88-67(107)31-43-117-51-84(95-70(110)28-14-12-10-8-7-9-11-13-24-66(106)91-46-57-29-30-58(102)62(124-57)50-123-83(4,5)6,52-118-44-32-68(108)89-38-22-35-86-64(104)26-16-19-41-121-81-72(93-55(2)100)78(115)75(112)60(48-97)126-81)53-119-45-33-69(109)90-39-23-36-87-65(105)27-17-20-42-122-82-73(94-56(3)101)79(116)76(113)61(49-98)127-82/h57-62,71-82,96-98,102,111-116H,7-53H2,1-6H3,(H,85,103)(H,86,104)(H,87,105)(H,88,107)(H,89,108)(H,90,109)(H,91,106)(H,92,99)(H,93,100)(H,94,101)(H,95,110)/t57-,58+,59?,60?,61?,62-,71?,72?,73?,74?,75?,76?,77?,78?,79?,80?,81?,82?,84?/m1/s1. The zero-order chi connectivity index (χ0) is 93.5. The summed E-state index contributed by atoms with van der Waals surface area (Å²) in [6.07, 6.45) is -5.38. The summed E-state index contributed by atoms with van der Waals surface area (Å²) in [5.74, 6) is -3.82. The van der Waals surface area contributed by atoms with Crippen LogP contribution in [0.3, 0.4) is 0 Å². The van der Waals surface area contributed by atoms with Gasteiger partial charge in [0.15, 0.2) is 18.9 Å². The van der Waals surface area contributed by atoms with Gasteiger partial charge in [0, 0.05) is 138 Å². The normalized spacial score (nSPS) is 25.3. The first-order valence-corrected chi connectivity index (χ1v) is 45.1. The van der Waals surface area contributed by atoms with Gasteiger partial charge in [-0.15, -0.1) is 0 Å². The minimum atomic E-state index is -1.47. The van der Waals surface area contributed by atoms with E-state index in [1.54, 1.807) is 0 Å². The molecule has 0 aromatic carbocycles. The molecular weight excluding hydrogens is 1670 g/mol. The molecule has 43 nitrogen and oxygen atoms in total.